The Bertz CT molecular complexity index is 901. The molecule has 0 atom stereocenters. The number of piperazine rings is 1. The summed E-state index contributed by atoms with van der Waals surface area (Å²) < 4.78 is 11.0. The zero-order valence-corrected chi connectivity index (χ0v) is 17.7. The third-order valence-electron chi connectivity index (χ3n) is 5.34. The first-order valence-electron chi connectivity index (χ1n) is 9.59. The second-order valence-electron chi connectivity index (χ2n) is 7.07. The molecule has 0 unspecified atom stereocenters. The molecule has 2 aromatic rings. The molecular weight excluding hydrogens is 413 g/mol. The quantitative estimate of drug-likeness (QED) is 0.734. The predicted octanol–water partition coefficient (Wildman–Crippen LogP) is 3.55. The van der Waals surface area contributed by atoms with Gasteiger partial charge in [0.25, 0.3) is 0 Å². The first-order chi connectivity index (χ1) is 14.0. The molecule has 2 heterocycles. The second-order valence-corrected chi connectivity index (χ2v) is 7.91. The first-order valence-corrected chi connectivity index (χ1v) is 10.3. The van der Waals surface area contributed by atoms with Gasteiger partial charge in [-0.3, -0.25) is 4.79 Å². The Hall–Kier alpha value is -2.31. The van der Waals surface area contributed by atoms with Gasteiger partial charge in [0.05, 0.1) is 30.9 Å². The topological polar surface area (TPSA) is 45.2 Å². The molecule has 0 spiro atoms. The SMILES string of the molecule is COc1cc(N2CCN(C(=O)CN3CCOc4cc(Cl)ccc43)CC2)ccc1Cl. The summed E-state index contributed by atoms with van der Waals surface area (Å²) in [5.41, 5.74) is 1.97. The standard InChI is InChI=1S/C21H23Cl2N3O3/c1-28-19-13-16(3-4-17(19)23)24-6-8-25(9-7-24)21(27)14-26-10-11-29-20-12-15(22)2-5-18(20)26/h2-5,12-13H,6-11,14H2,1H3. The van der Waals surface area contributed by atoms with E-state index in [1.54, 1.807) is 13.2 Å². The van der Waals surface area contributed by atoms with Crippen molar-refractivity contribution in [2.24, 2.45) is 0 Å². The van der Waals surface area contributed by atoms with Gasteiger partial charge in [0.2, 0.25) is 5.91 Å². The highest BCUT2D eigenvalue weighted by molar-refractivity contribution is 6.32. The molecule has 1 fully saturated rings. The number of carbonyl (C=O) groups excluding carboxylic acids is 1. The van der Waals surface area contributed by atoms with Crippen LogP contribution in [0.5, 0.6) is 11.5 Å². The van der Waals surface area contributed by atoms with E-state index in [2.05, 4.69) is 9.80 Å². The molecule has 29 heavy (non-hydrogen) atoms. The van der Waals surface area contributed by atoms with Crippen LogP contribution in [-0.4, -0.2) is 63.8 Å². The summed E-state index contributed by atoms with van der Waals surface area (Å²) in [6, 6.07) is 11.3. The Morgan fingerprint density at radius 2 is 1.86 bits per heavy atom. The minimum atomic E-state index is 0.126. The van der Waals surface area contributed by atoms with Crippen LogP contribution in [0, 0.1) is 0 Å². The highest BCUT2D eigenvalue weighted by atomic mass is 35.5. The minimum Gasteiger partial charge on any atom is -0.495 e. The van der Waals surface area contributed by atoms with E-state index in [0.29, 0.717) is 48.6 Å². The van der Waals surface area contributed by atoms with Crippen LogP contribution in [-0.2, 0) is 4.79 Å². The fourth-order valence-electron chi connectivity index (χ4n) is 3.74. The van der Waals surface area contributed by atoms with Gasteiger partial charge in [-0.25, -0.2) is 0 Å². The van der Waals surface area contributed by atoms with Crippen molar-refractivity contribution >= 4 is 40.5 Å². The van der Waals surface area contributed by atoms with Crippen molar-refractivity contribution in [3.8, 4) is 11.5 Å². The van der Waals surface area contributed by atoms with Crippen LogP contribution in [0.2, 0.25) is 10.0 Å². The van der Waals surface area contributed by atoms with Crippen molar-refractivity contribution in [1.82, 2.24) is 4.90 Å². The van der Waals surface area contributed by atoms with E-state index in [-0.39, 0.29) is 5.91 Å². The zero-order chi connectivity index (χ0) is 20.4. The Balaban J connectivity index is 1.37. The number of amides is 1. The maximum absolute atomic E-state index is 12.9. The number of nitrogens with zero attached hydrogens (tertiary/aromatic N) is 3. The van der Waals surface area contributed by atoms with Crippen molar-refractivity contribution in [3.63, 3.8) is 0 Å². The highest BCUT2D eigenvalue weighted by Crippen LogP contribution is 2.34. The summed E-state index contributed by atoms with van der Waals surface area (Å²) in [5, 5.41) is 1.23. The molecule has 0 saturated carbocycles. The van der Waals surface area contributed by atoms with Crippen LogP contribution < -0.4 is 19.3 Å². The van der Waals surface area contributed by atoms with Crippen molar-refractivity contribution in [2.45, 2.75) is 0 Å². The summed E-state index contributed by atoms with van der Waals surface area (Å²) in [6.45, 7) is 4.48. The van der Waals surface area contributed by atoms with Crippen LogP contribution in [0.1, 0.15) is 0 Å². The Labute approximate surface area is 180 Å². The van der Waals surface area contributed by atoms with Crippen molar-refractivity contribution in [1.29, 1.82) is 0 Å². The van der Waals surface area contributed by atoms with Gasteiger partial charge in [0, 0.05) is 49.0 Å². The van der Waals surface area contributed by atoms with Crippen molar-refractivity contribution in [3.05, 3.63) is 46.4 Å². The third kappa shape index (κ3) is 4.33. The third-order valence-corrected chi connectivity index (χ3v) is 5.89. The molecule has 6 nitrogen and oxygen atoms in total. The molecule has 2 aliphatic heterocycles. The van der Waals surface area contributed by atoms with Gasteiger partial charge in [0.1, 0.15) is 18.1 Å². The van der Waals surface area contributed by atoms with Crippen LogP contribution in [0.25, 0.3) is 0 Å². The molecule has 154 valence electrons. The maximum atomic E-state index is 12.9. The van der Waals surface area contributed by atoms with Crippen LogP contribution in [0.3, 0.4) is 0 Å². The fraction of sp³-hybridized carbons (Fsp3) is 0.381. The number of methoxy groups -OCH3 is 1. The molecule has 0 aliphatic carbocycles. The molecule has 0 N–H and O–H groups in total. The van der Waals surface area contributed by atoms with E-state index >= 15 is 0 Å². The Morgan fingerprint density at radius 3 is 2.62 bits per heavy atom. The molecule has 4 rings (SSSR count). The van der Waals surface area contributed by atoms with E-state index in [0.717, 1.165) is 30.2 Å². The molecule has 1 saturated heterocycles. The van der Waals surface area contributed by atoms with E-state index in [1.165, 1.54) is 0 Å². The number of benzene rings is 2. The van der Waals surface area contributed by atoms with Gasteiger partial charge in [-0.15, -0.1) is 0 Å². The Kier molecular flexibility index (Phi) is 5.92. The lowest BCUT2D eigenvalue weighted by atomic mass is 10.2. The molecule has 2 aromatic carbocycles. The smallest absolute Gasteiger partial charge is 0.242 e. The highest BCUT2D eigenvalue weighted by Gasteiger charge is 2.26. The molecule has 0 bridgehead atoms. The van der Waals surface area contributed by atoms with Crippen molar-refractivity contribution in [2.75, 3.05) is 62.8 Å². The first kappa shape index (κ1) is 20.0. The number of rotatable bonds is 4. The van der Waals surface area contributed by atoms with Crippen molar-refractivity contribution < 1.29 is 14.3 Å². The number of hydrogen-bond donors (Lipinski definition) is 0. The summed E-state index contributed by atoms with van der Waals surface area (Å²) >= 11 is 12.2. The minimum absolute atomic E-state index is 0.126. The number of hydrogen-bond acceptors (Lipinski definition) is 5. The lowest BCUT2D eigenvalue weighted by Gasteiger charge is -2.38. The van der Waals surface area contributed by atoms with E-state index < -0.39 is 0 Å². The van der Waals surface area contributed by atoms with Crippen LogP contribution in [0.15, 0.2) is 36.4 Å². The molecular formula is C21H23Cl2N3O3. The molecule has 1 amide bonds. The number of carbonyl (C=O) groups is 1. The Morgan fingerprint density at radius 1 is 1.07 bits per heavy atom. The molecule has 2 aliphatic rings. The second kappa shape index (κ2) is 8.59. The van der Waals surface area contributed by atoms with Gasteiger partial charge in [-0.05, 0) is 24.3 Å². The van der Waals surface area contributed by atoms with Gasteiger partial charge in [-0.2, -0.15) is 0 Å². The molecule has 0 aromatic heterocycles. The lowest BCUT2D eigenvalue weighted by molar-refractivity contribution is -0.130. The lowest BCUT2D eigenvalue weighted by Crippen LogP contribution is -2.52. The van der Waals surface area contributed by atoms with E-state index in [1.807, 2.05) is 35.2 Å². The maximum Gasteiger partial charge on any atom is 0.242 e. The average Bonchev–Trinajstić information content (AvgIpc) is 2.74. The van der Waals surface area contributed by atoms with E-state index in [9.17, 15) is 4.79 Å². The zero-order valence-electron chi connectivity index (χ0n) is 16.2. The largest absolute Gasteiger partial charge is 0.495 e. The number of fused-ring (bicyclic) bond motifs is 1. The summed E-state index contributed by atoms with van der Waals surface area (Å²) in [4.78, 5) is 19.1. The normalized spacial score (nSPS) is 16.3. The summed E-state index contributed by atoms with van der Waals surface area (Å²) in [6.07, 6.45) is 0. The fourth-order valence-corrected chi connectivity index (χ4v) is 4.09. The van der Waals surface area contributed by atoms with Gasteiger partial charge in [-0.1, -0.05) is 23.2 Å². The van der Waals surface area contributed by atoms with E-state index in [4.69, 9.17) is 32.7 Å². The van der Waals surface area contributed by atoms with Crippen LogP contribution >= 0.6 is 23.2 Å². The number of halogens is 2. The number of ether oxygens (including phenoxy) is 2. The number of anilines is 2. The predicted molar refractivity (Wildman–Crippen MR) is 116 cm³/mol. The van der Waals surface area contributed by atoms with Crippen LogP contribution in [0.4, 0.5) is 11.4 Å². The van der Waals surface area contributed by atoms with Gasteiger partial charge in [0.15, 0.2) is 0 Å². The van der Waals surface area contributed by atoms with Gasteiger partial charge < -0.3 is 24.2 Å². The van der Waals surface area contributed by atoms with Gasteiger partial charge >= 0.3 is 0 Å². The average molecular weight is 436 g/mol. The summed E-state index contributed by atoms with van der Waals surface area (Å²) in [7, 11) is 1.61. The molecule has 0 radical (unpaired) electrons. The summed E-state index contributed by atoms with van der Waals surface area (Å²) in [5.74, 6) is 1.52. The molecule has 8 heteroatoms. The monoisotopic (exact) mass is 435 g/mol.